The van der Waals surface area contributed by atoms with E-state index in [1.54, 1.807) is 24.3 Å². The zero-order chi connectivity index (χ0) is 21.7. The summed E-state index contributed by atoms with van der Waals surface area (Å²) in [6, 6.07) is 6.55. The van der Waals surface area contributed by atoms with Gasteiger partial charge in [-0.1, -0.05) is 19.0 Å². The predicted molar refractivity (Wildman–Crippen MR) is 113 cm³/mol. The van der Waals surface area contributed by atoms with Gasteiger partial charge in [-0.2, -0.15) is 4.98 Å². The number of nitrogens with zero attached hydrogens (tertiary/aromatic N) is 5. The minimum absolute atomic E-state index is 0.262. The molecule has 10 heteroatoms. The summed E-state index contributed by atoms with van der Waals surface area (Å²) in [6.07, 6.45) is 0. The smallest absolute Gasteiger partial charge is 0.242 e. The molecule has 0 bridgehead atoms. The van der Waals surface area contributed by atoms with E-state index in [2.05, 4.69) is 33.8 Å². The molecule has 1 aromatic carbocycles. The molecule has 1 aromatic heterocycles. The van der Waals surface area contributed by atoms with Gasteiger partial charge in [0.2, 0.25) is 15.9 Å². The molecule has 0 atom stereocenters. The maximum absolute atomic E-state index is 12.1. The maximum atomic E-state index is 12.1. The molecule has 1 aliphatic heterocycles. The second-order valence-electron chi connectivity index (χ2n) is 7.93. The maximum Gasteiger partial charge on any atom is 0.242 e. The quantitative estimate of drug-likeness (QED) is 0.585. The van der Waals surface area contributed by atoms with E-state index in [4.69, 9.17) is 9.26 Å². The molecule has 1 saturated heterocycles. The van der Waals surface area contributed by atoms with Crippen LogP contribution in [0.2, 0.25) is 0 Å². The number of hydrogen-bond donors (Lipinski definition) is 0. The largest absolute Gasteiger partial charge is 0.492 e. The lowest BCUT2D eigenvalue weighted by Gasteiger charge is -2.33. The Hall–Kier alpha value is -2.01. The lowest BCUT2D eigenvalue weighted by atomic mass is 10.2. The first kappa shape index (κ1) is 22.7. The van der Waals surface area contributed by atoms with E-state index in [0.717, 1.165) is 38.5 Å². The minimum atomic E-state index is -3.41. The van der Waals surface area contributed by atoms with Crippen LogP contribution in [0.5, 0.6) is 5.75 Å². The fraction of sp³-hybridized carbons (Fsp3) is 0.600. The highest BCUT2D eigenvalue weighted by atomic mass is 32.2. The van der Waals surface area contributed by atoms with Crippen LogP contribution >= 0.6 is 0 Å². The molecule has 0 radical (unpaired) electrons. The molecule has 30 heavy (non-hydrogen) atoms. The average molecular weight is 438 g/mol. The van der Waals surface area contributed by atoms with E-state index >= 15 is 0 Å². The fourth-order valence-corrected chi connectivity index (χ4v) is 4.04. The van der Waals surface area contributed by atoms with Crippen molar-refractivity contribution in [3.63, 3.8) is 0 Å². The Balaban J connectivity index is 1.38. The van der Waals surface area contributed by atoms with Gasteiger partial charge >= 0.3 is 0 Å². The molecule has 0 saturated carbocycles. The van der Waals surface area contributed by atoms with Gasteiger partial charge in [0.15, 0.2) is 5.82 Å². The highest BCUT2D eigenvalue weighted by Crippen LogP contribution is 2.18. The van der Waals surface area contributed by atoms with E-state index in [9.17, 15) is 8.42 Å². The molecule has 2 aromatic rings. The van der Waals surface area contributed by atoms with Gasteiger partial charge < -0.3 is 9.26 Å². The van der Waals surface area contributed by atoms with Gasteiger partial charge in [-0.3, -0.25) is 9.80 Å². The lowest BCUT2D eigenvalue weighted by Crippen LogP contribution is -2.47. The molecule has 1 fully saturated rings. The van der Waals surface area contributed by atoms with Crippen LogP contribution < -0.4 is 4.74 Å². The Morgan fingerprint density at radius 3 is 2.30 bits per heavy atom. The van der Waals surface area contributed by atoms with E-state index in [-0.39, 0.29) is 10.8 Å². The Kier molecular flexibility index (Phi) is 7.45. The SMILES string of the molecule is CC(C)c1noc(CN2CCN(CCOc3ccc(S(=O)(=O)N(C)C)cc3)CC2)n1. The Morgan fingerprint density at radius 2 is 1.73 bits per heavy atom. The summed E-state index contributed by atoms with van der Waals surface area (Å²) in [5.74, 6) is 2.37. The van der Waals surface area contributed by atoms with Crippen LogP contribution in [0.4, 0.5) is 0 Å². The standard InChI is InChI=1S/C20H31N5O4S/c1-16(2)20-21-19(29-22-20)15-25-11-9-24(10-12-25)13-14-28-17-5-7-18(8-6-17)30(26,27)23(3)4/h5-8,16H,9-15H2,1-4H3. The third-order valence-electron chi connectivity index (χ3n) is 5.10. The summed E-state index contributed by atoms with van der Waals surface area (Å²) < 4.78 is 36.5. The van der Waals surface area contributed by atoms with Crippen molar-refractivity contribution in [3.05, 3.63) is 36.0 Å². The number of rotatable bonds is 9. The first-order chi connectivity index (χ1) is 14.3. The van der Waals surface area contributed by atoms with E-state index in [1.165, 1.54) is 18.4 Å². The number of ether oxygens (including phenoxy) is 1. The topological polar surface area (TPSA) is 92.0 Å². The van der Waals surface area contributed by atoms with Crippen molar-refractivity contribution in [3.8, 4) is 5.75 Å². The van der Waals surface area contributed by atoms with Gasteiger partial charge in [0, 0.05) is 52.7 Å². The molecule has 1 aliphatic rings. The number of benzene rings is 1. The van der Waals surface area contributed by atoms with E-state index in [1.807, 2.05) is 0 Å². The first-order valence-electron chi connectivity index (χ1n) is 10.2. The zero-order valence-electron chi connectivity index (χ0n) is 18.1. The van der Waals surface area contributed by atoms with Crippen molar-refractivity contribution in [1.82, 2.24) is 24.2 Å². The summed E-state index contributed by atoms with van der Waals surface area (Å²) in [5.41, 5.74) is 0. The third kappa shape index (κ3) is 5.78. The lowest BCUT2D eigenvalue weighted by molar-refractivity contribution is 0.104. The highest BCUT2D eigenvalue weighted by Gasteiger charge is 2.20. The van der Waals surface area contributed by atoms with Gasteiger partial charge in [0.1, 0.15) is 12.4 Å². The summed E-state index contributed by atoms with van der Waals surface area (Å²) in [4.78, 5) is 9.38. The molecule has 0 spiro atoms. The van der Waals surface area contributed by atoms with Crippen LogP contribution in [0.25, 0.3) is 0 Å². The van der Waals surface area contributed by atoms with Crippen LogP contribution in [0.1, 0.15) is 31.5 Å². The Morgan fingerprint density at radius 1 is 1.10 bits per heavy atom. The monoisotopic (exact) mass is 437 g/mol. The highest BCUT2D eigenvalue weighted by molar-refractivity contribution is 7.89. The van der Waals surface area contributed by atoms with Crippen molar-refractivity contribution in [2.45, 2.75) is 31.2 Å². The van der Waals surface area contributed by atoms with Gasteiger partial charge in [-0.15, -0.1) is 0 Å². The first-order valence-corrected chi connectivity index (χ1v) is 11.6. The van der Waals surface area contributed by atoms with E-state index < -0.39 is 10.0 Å². The minimum Gasteiger partial charge on any atom is -0.492 e. The van der Waals surface area contributed by atoms with Crippen molar-refractivity contribution >= 4 is 10.0 Å². The van der Waals surface area contributed by atoms with Gasteiger partial charge in [0.25, 0.3) is 0 Å². The summed E-state index contributed by atoms with van der Waals surface area (Å²) >= 11 is 0. The number of piperazine rings is 1. The van der Waals surface area contributed by atoms with Gasteiger partial charge in [-0.05, 0) is 24.3 Å². The molecule has 3 rings (SSSR count). The van der Waals surface area contributed by atoms with Crippen LogP contribution in [0.15, 0.2) is 33.7 Å². The number of sulfonamides is 1. The molecular weight excluding hydrogens is 406 g/mol. The van der Waals surface area contributed by atoms with Crippen LogP contribution in [-0.4, -0.2) is 86.1 Å². The molecule has 2 heterocycles. The summed E-state index contributed by atoms with van der Waals surface area (Å²) in [7, 11) is -0.376. The Bertz CT molecular complexity index is 904. The molecule has 166 valence electrons. The Labute approximate surface area is 178 Å². The molecule has 0 amide bonds. The van der Waals surface area contributed by atoms with Crippen molar-refractivity contribution < 1.29 is 17.7 Å². The molecular formula is C20H31N5O4S. The van der Waals surface area contributed by atoms with Crippen LogP contribution in [0.3, 0.4) is 0 Å². The number of aromatic nitrogens is 2. The van der Waals surface area contributed by atoms with Crippen molar-refractivity contribution in [2.75, 3.05) is 53.4 Å². The van der Waals surface area contributed by atoms with Crippen LogP contribution in [-0.2, 0) is 16.6 Å². The van der Waals surface area contributed by atoms with Crippen LogP contribution in [0, 0.1) is 0 Å². The van der Waals surface area contributed by atoms with Gasteiger partial charge in [0.05, 0.1) is 11.4 Å². The zero-order valence-corrected chi connectivity index (χ0v) is 18.9. The predicted octanol–water partition coefficient (Wildman–Crippen LogP) is 1.64. The van der Waals surface area contributed by atoms with Crippen molar-refractivity contribution in [1.29, 1.82) is 0 Å². The summed E-state index contributed by atoms with van der Waals surface area (Å²) in [6.45, 7) is 9.96. The average Bonchev–Trinajstić information content (AvgIpc) is 3.18. The second-order valence-corrected chi connectivity index (χ2v) is 10.1. The van der Waals surface area contributed by atoms with Crippen molar-refractivity contribution in [2.24, 2.45) is 0 Å². The molecule has 0 unspecified atom stereocenters. The summed E-state index contributed by atoms with van der Waals surface area (Å²) in [5, 5.41) is 4.02. The fourth-order valence-electron chi connectivity index (χ4n) is 3.14. The van der Waals surface area contributed by atoms with E-state index in [0.29, 0.717) is 24.8 Å². The molecule has 0 aliphatic carbocycles. The molecule has 9 nitrogen and oxygen atoms in total. The van der Waals surface area contributed by atoms with Gasteiger partial charge in [-0.25, -0.2) is 12.7 Å². The number of hydrogen-bond acceptors (Lipinski definition) is 8. The normalized spacial score (nSPS) is 16.5. The second kappa shape index (κ2) is 9.86. The molecule has 0 N–H and O–H groups in total. The third-order valence-corrected chi connectivity index (χ3v) is 6.93.